The maximum absolute atomic E-state index is 12.1. The van der Waals surface area contributed by atoms with Gasteiger partial charge < -0.3 is 9.47 Å². The first-order valence-electron chi connectivity index (χ1n) is 5.78. The number of hydrogen-bond donors (Lipinski definition) is 0. The van der Waals surface area contributed by atoms with Crippen molar-refractivity contribution in [3.05, 3.63) is 12.2 Å². The van der Waals surface area contributed by atoms with Gasteiger partial charge in [0.1, 0.15) is 0 Å². The number of esters is 2. The molecule has 0 aromatic rings. The molecule has 0 aromatic carbocycles. The van der Waals surface area contributed by atoms with Gasteiger partial charge in [0.05, 0.1) is 25.0 Å². The number of rotatable bonds is 2. The predicted molar refractivity (Wildman–Crippen MR) is 61.0 cm³/mol. The Kier molecular flexibility index (Phi) is 2.56. The molecule has 0 aromatic heterocycles. The smallest absolute Gasteiger partial charge is 0.313 e. The van der Waals surface area contributed by atoms with E-state index >= 15 is 0 Å². The summed E-state index contributed by atoms with van der Waals surface area (Å²) in [5, 5.41) is 0. The topological polar surface area (TPSA) is 52.6 Å². The zero-order chi connectivity index (χ0) is 12.8. The van der Waals surface area contributed by atoms with Crippen molar-refractivity contribution in [3.63, 3.8) is 0 Å². The van der Waals surface area contributed by atoms with Gasteiger partial charge in [0, 0.05) is 0 Å². The number of carbonyl (C=O) groups is 2. The van der Waals surface area contributed by atoms with E-state index in [2.05, 4.69) is 0 Å². The lowest BCUT2D eigenvalue weighted by molar-refractivity contribution is -0.176. The van der Waals surface area contributed by atoms with E-state index < -0.39 is 10.8 Å². The summed E-state index contributed by atoms with van der Waals surface area (Å²) in [6.45, 7) is 3.62. The first-order valence-corrected chi connectivity index (χ1v) is 5.78. The molecular weight excluding hydrogens is 220 g/mol. The molecule has 2 rings (SSSR count). The van der Waals surface area contributed by atoms with Gasteiger partial charge >= 0.3 is 11.9 Å². The highest BCUT2D eigenvalue weighted by molar-refractivity contribution is 5.90. The van der Waals surface area contributed by atoms with Gasteiger partial charge in [0.15, 0.2) is 0 Å². The fraction of sp³-hybridized carbons (Fsp3) is 0.692. The maximum Gasteiger partial charge on any atom is 0.313 e. The van der Waals surface area contributed by atoms with Gasteiger partial charge in [-0.25, -0.2) is 0 Å². The fourth-order valence-corrected chi connectivity index (χ4v) is 3.48. The Balaban J connectivity index is 2.53. The van der Waals surface area contributed by atoms with Crippen molar-refractivity contribution in [1.82, 2.24) is 0 Å². The van der Waals surface area contributed by atoms with Crippen LogP contribution in [0.3, 0.4) is 0 Å². The standard InChI is InChI=1S/C13H18O4/c1-12(10(14)16-3)8-5-6-9(7-8)13(12,2)11(15)17-4/h5-6,8-9H,7H2,1-4H3/t8-,9-,12?,13?/m1/s1. The summed E-state index contributed by atoms with van der Waals surface area (Å²) in [6.07, 6.45) is 4.86. The van der Waals surface area contributed by atoms with Crippen LogP contribution in [0.4, 0.5) is 0 Å². The van der Waals surface area contributed by atoms with Crippen LogP contribution < -0.4 is 0 Å². The molecule has 4 nitrogen and oxygen atoms in total. The molecule has 0 spiro atoms. The molecule has 94 valence electrons. The third kappa shape index (κ3) is 1.18. The van der Waals surface area contributed by atoms with Crippen LogP contribution in [0.1, 0.15) is 20.3 Å². The largest absolute Gasteiger partial charge is 0.469 e. The SMILES string of the molecule is COC(=O)C1(C)[C@@H]2C=C[C@H](C2)C1(C)C(=O)OC. The normalized spacial score (nSPS) is 42.6. The van der Waals surface area contributed by atoms with E-state index in [1.165, 1.54) is 14.2 Å². The highest BCUT2D eigenvalue weighted by atomic mass is 16.5. The Bertz CT molecular complexity index is 364. The lowest BCUT2D eigenvalue weighted by Gasteiger charge is -2.42. The van der Waals surface area contributed by atoms with Gasteiger partial charge in [-0.1, -0.05) is 12.2 Å². The molecular formula is C13H18O4. The maximum atomic E-state index is 12.1. The van der Waals surface area contributed by atoms with Crippen LogP contribution in [0.2, 0.25) is 0 Å². The molecule has 0 radical (unpaired) electrons. The average Bonchev–Trinajstić information content (AvgIpc) is 2.90. The number of fused-ring (bicyclic) bond motifs is 2. The third-order valence-corrected chi connectivity index (χ3v) is 4.86. The van der Waals surface area contributed by atoms with E-state index in [9.17, 15) is 9.59 Å². The molecule has 0 N–H and O–H groups in total. The van der Waals surface area contributed by atoms with Crippen LogP contribution in [-0.4, -0.2) is 26.2 Å². The van der Waals surface area contributed by atoms with Gasteiger partial charge in [-0.15, -0.1) is 0 Å². The molecule has 0 saturated heterocycles. The van der Waals surface area contributed by atoms with Crippen LogP contribution in [0.25, 0.3) is 0 Å². The van der Waals surface area contributed by atoms with E-state index in [1.54, 1.807) is 0 Å². The van der Waals surface area contributed by atoms with Crippen LogP contribution in [0, 0.1) is 22.7 Å². The summed E-state index contributed by atoms with van der Waals surface area (Å²) < 4.78 is 9.80. The predicted octanol–water partition coefficient (Wildman–Crippen LogP) is 1.55. The van der Waals surface area contributed by atoms with E-state index in [0.29, 0.717) is 0 Å². The number of hydrogen-bond acceptors (Lipinski definition) is 4. The van der Waals surface area contributed by atoms with E-state index in [0.717, 1.165) is 6.42 Å². The number of carbonyl (C=O) groups excluding carboxylic acids is 2. The summed E-state index contributed by atoms with van der Waals surface area (Å²) >= 11 is 0. The second kappa shape index (κ2) is 3.59. The van der Waals surface area contributed by atoms with Crippen LogP contribution >= 0.6 is 0 Å². The quantitative estimate of drug-likeness (QED) is 0.541. The van der Waals surface area contributed by atoms with Gasteiger partial charge in [-0.3, -0.25) is 9.59 Å². The molecule has 0 heterocycles. The Morgan fingerprint density at radius 2 is 1.35 bits per heavy atom. The van der Waals surface area contributed by atoms with Crippen molar-refractivity contribution < 1.29 is 19.1 Å². The molecule has 1 saturated carbocycles. The summed E-state index contributed by atoms with van der Waals surface area (Å²) in [5.41, 5.74) is -1.65. The number of ether oxygens (including phenoxy) is 2. The van der Waals surface area contributed by atoms with Gasteiger partial charge in [-0.05, 0) is 32.1 Å². The molecule has 4 heteroatoms. The highest BCUT2D eigenvalue weighted by Gasteiger charge is 2.69. The summed E-state index contributed by atoms with van der Waals surface area (Å²) in [5.74, 6) is -0.544. The molecule has 2 aliphatic carbocycles. The second-order valence-corrected chi connectivity index (χ2v) is 5.22. The second-order valence-electron chi connectivity index (χ2n) is 5.22. The molecule has 0 aliphatic heterocycles. The Labute approximate surface area is 101 Å². The Hall–Kier alpha value is -1.32. The zero-order valence-corrected chi connectivity index (χ0v) is 10.6. The first kappa shape index (κ1) is 12.1. The monoisotopic (exact) mass is 238 g/mol. The van der Waals surface area contributed by atoms with Gasteiger partial charge in [0.2, 0.25) is 0 Å². The molecule has 4 atom stereocenters. The zero-order valence-electron chi connectivity index (χ0n) is 10.6. The Morgan fingerprint density at radius 1 is 1.00 bits per heavy atom. The first-order chi connectivity index (χ1) is 7.92. The van der Waals surface area contributed by atoms with Crippen molar-refractivity contribution in [2.75, 3.05) is 14.2 Å². The van der Waals surface area contributed by atoms with Crippen LogP contribution in [-0.2, 0) is 19.1 Å². The lowest BCUT2D eigenvalue weighted by atomic mass is 9.59. The van der Waals surface area contributed by atoms with E-state index in [4.69, 9.17) is 9.47 Å². The minimum atomic E-state index is -0.825. The molecule has 17 heavy (non-hydrogen) atoms. The van der Waals surface area contributed by atoms with Crippen LogP contribution in [0.15, 0.2) is 12.2 Å². The van der Waals surface area contributed by atoms with Gasteiger partial charge in [0.25, 0.3) is 0 Å². The highest BCUT2D eigenvalue weighted by Crippen LogP contribution is 2.64. The average molecular weight is 238 g/mol. The van der Waals surface area contributed by atoms with Gasteiger partial charge in [-0.2, -0.15) is 0 Å². The van der Waals surface area contributed by atoms with Crippen molar-refractivity contribution in [2.24, 2.45) is 22.7 Å². The van der Waals surface area contributed by atoms with Crippen molar-refractivity contribution in [3.8, 4) is 0 Å². The summed E-state index contributed by atoms with van der Waals surface area (Å²) in [7, 11) is 2.72. The molecule has 2 aliphatic rings. The fourth-order valence-electron chi connectivity index (χ4n) is 3.48. The molecule has 1 fully saturated rings. The van der Waals surface area contributed by atoms with Crippen molar-refractivity contribution in [1.29, 1.82) is 0 Å². The molecule has 2 bridgehead atoms. The molecule has 2 unspecified atom stereocenters. The molecule has 0 amide bonds. The summed E-state index contributed by atoms with van der Waals surface area (Å²) in [4.78, 5) is 24.2. The lowest BCUT2D eigenvalue weighted by Crippen LogP contribution is -2.52. The Morgan fingerprint density at radius 3 is 1.65 bits per heavy atom. The van der Waals surface area contributed by atoms with Crippen molar-refractivity contribution >= 4 is 11.9 Å². The number of allylic oxidation sites excluding steroid dienone is 2. The van der Waals surface area contributed by atoms with E-state index in [-0.39, 0.29) is 23.8 Å². The third-order valence-electron chi connectivity index (χ3n) is 4.86. The minimum absolute atomic E-state index is 0.0593. The summed E-state index contributed by atoms with van der Waals surface area (Å²) in [6, 6.07) is 0. The number of methoxy groups -OCH3 is 2. The van der Waals surface area contributed by atoms with E-state index in [1.807, 2.05) is 26.0 Å². The minimum Gasteiger partial charge on any atom is -0.469 e. The van der Waals surface area contributed by atoms with Crippen LogP contribution in [0.5, 0.6) is 0 Å². The van der Waals surface area contributed by atoms with Crippen molar-refractivity contribution in [2.45, 2.75) is 20.3 Å².